The van der Waals surface area contributed by atoms with Crippen molar-refractivity contribution in [3.8, 4) is 0 Å². The molecule has 0 fully saturated rings. The summed E-state index contributed by atoms with van der Waals surface area (Å²) < 4.78 is 38.3. The summed E-state index contributed by atoms with van der Waals surface area (Å²) in [5.41, 5.74) is 0.0457. The maximum Gasteiger partial charge on any atom is 0.330 e. The molecule has 0 aliphatic heterocycles. The van der Waals surface area contributed by atoms with Crippen LogP contribution < -0.4 is 10.4 Å². The van der Waals surface area contributed by atoms with E-state index < -0.39 is 37.7 Å². The van der Waals surface area contributed by atoms with Crippen molar-refractivity contribution in [1.29, 1.82) is 0 Å². The van der Waals surface area contributed by atoms with Crippen molar-refractivity contribution >= 4 is 24.7 Å². The zero-order valence-corrected chi connectivity index (χ0v) is 41.0. The van der Waals surface area contributed by atoms with Gasteiger partial charge in [-0.1, -0.05) is 210 Å². The molecule has 5 rings (SSSR count). The summed E-state index contributed by atoms with van der Waals surface area (Å²) in [6.07, 6.45) is 9.53. The molecule has 0 saturated heterocycles. The highest BCUT2D eigenvalue weighted by Gasteiger charge is 2.50. The SMILES string of the molecule is C=CCOC/C=C/[C@H](CC)[C@H](/C=C/[C@](O)(CCOC(c1ccccc1)(c1ccccc1)c1ccccc1)[C@@H](CCO[Si](c1ccccc1)(c1ccccc1)C(C)(C)C)OCOC)OC(=O)C=C. The molecule has 8 nitrogen and oxygen atoms in total. The highest BCUT2D eigenvalue weighted by atomic mass is 28.4. The second kappa shape index (κ2) is 26.2. The van der Waals surface area contributed by atoms with E-state index in [1.165, 1.54) is 0 Å². The second-order valence-electron chi connectivity index (χ2n) is 17.5. The number of methoxy groups -OCH3 is 1. The minimum atomic E-state index is -2.97. The van der Waals surface area contributed by atoms with E-state index in [4.69, 9.17) is 28.1 Å². The maximum absolute atomic E-state index is 13.4. The Hall–Kier alpha value is -5.49. The molecular weight excluding hydrogens is 853 g/mol. The first-order chi connectivity index (χ1) is 32.5. The molecule has 0 spiro atoms. The van der Waals surface area contributed by atoms with Gasteiger partial charge in [-0.25, -0.2) is 4.79 Å². The fourth-order valence-electron chi connectivity index (χ4n) is 8.84. The van der Waals surface area contributed by atoms with Crippen molar-refractivity contribution in [3.05, 3.63) is 218 Å². The first-order valence-corrected chi connectivity index (χ1v) is 25.2. The molecule has 5 aromatic rings. The predicted molar refractivity (Wildman–Crippen MR) is 273 cm³/mol. The molecule has 1 N–H and O–H groups in total. The maximum atomic E-state index is 13.4. The van der Waals surface area contributed by atoms with E-state index in [1.807, 2.05) is 85.8 Å². The fourth-order valence-corrected chi connectivity index (χ4v) is 13.4. The molecule has 0 unspecified atom stereocenters. The van der Waals surface area contributed by atoms with Gasteiger partial charge < -0.3 is 33.2 Å². The average Bonchev–Trinajstić information content (AvgIpc) is 3.36. The van der Waals surface area contributed by atoms with E-state index >= 15 is 0 Å². The van der Waals surface area contributed by atoms with E-state index in [9.17, 15) is 9.90 Å². The molecule has 0 heterocycles. The summed E-state index contributed by atoms with van der Waals surface area (Å²) in [5.74, 6) is -0.841. The van der Waals surface area contributed by atoms with Crippen molar-refractivity contribution in [3.63, 3.8) is 0 Å². The van der Waals surface area contributed by atoms with E-state index in [1.54, 1.807) is 25.3 Å². The van der Waals surface area contributed by atoms with Gasteiger partial charge in [-0.2, -0.15) is 0 Å². The van der Waals surface area contributed by atoms with Crippen LogP contribution in [0.2, 0.25) is 5.04 Å². The number of esters is 1. The lowest BCUT2D eigenvalue weighted by atomic mass is 9.80. The zero-order valence-electron chi connectivity index (χ0n) is 40.0. The lowest BCUT2D eigenvalue weighted by Crippen LogP contribution is -2.66. The van der Waals surface area contributed by atoms with E-state index in [0.717, 1.165) is 33.1 Å². The number of rotatable bonds is 28. The lowest BCUT2D eigenvalue weighted by Gasteiger charge is -2.43. The summed E-state index contributed by atoms with van der Waals surface area (Å²) in [7, 11) is -1.41. The van der Waals surface area contributed by atoms with Crippen molar-refractivity contribution in [1.82, 2.24) is 0 Å². The van der Waals surface area contributed by atoms with Crippen molar-refractivity contribution in [2.75, 3.05) is 40.3 Å². The number of hydrogen-bond donors (Lipinski definition) is 1. The Morgan fingerprint density at radius 3 is 1.67 bits per heavy atom. The quantitative estimate of drug-likeness (QED) is 0.0101. The molecule has 0 aromatic heterocycles. The fraction of sp³-hybridized carbons (Fsp3) is 0.328. The minimum Gasteiger partial charge on any atom is -0.454 e. The van der Waals surface area contributed by atoms with Crippen LogP contribution in [0.15, 0.2) is 201 Å². The monoisotopic (exact) mass is 922 g/mol. The molecule has 0 saturated carbocycles. The Morgan fingerprint density at radius 1 is 0.716 bits per heavy atom. The number of ether oxygens (including phenoxy) is 5. The van der Waals surface area contributed by atoms with Crippen molar-refractivity contribution in [2.45, 2.75) is 75.4 Å². The van der Waals surface area contributed by atoms with Gasteiger partial charge in [0.05, 0.1) is 25.9 Å². The van der Waals surface area contributed by atoms with E-state index in [-0.39, 0.29) is 43.8 Å². The molecule has 4 atom stereocenters. The molecule has 5 aromatic carbocycles. The number of carbonyl (C=O) groups excluding carboxylic acids is 1. The van der Waals surface area contributed by atoms with Gasteiger partial charge in [-0.15, -0.1) is 6.58 Å². The molecule has 354 valence electrons. The van der Waals surface area contributed by atoms with Gasteiger partial charge in [0.1, 0.15) is 24.1 Å². The van der Waals surface area contributed by atoms with Gasteiger partial charge in [-0.3, -0.25) is 0 Å². The lowest BCUT2D eigenvalue weighted by molar-refractivity contribution is -0.152. The molecule has 67 heavy (non-hydrogen) atoms. The van der Waals surface area contributed by atoms with Gasteiger partial charge in [0.15, 0.2) is 0 Å². The second-order valence-corrected chi connectivity index (χ2v) is 21.8. The molecule has 0 amide bonds. The van der Waals surface area contributed by atoms with Crippen LogP contribution >= 0.6 is 0 Å². The number of carbonyl (C=O) groups is 1. The van der Waals surface area contributed by atoms with Crippen LogP contribution in [0.5, 0.6) is 0 Å². The van der Waals surface area contributed by atoms with Crippen LogP contribution in [0.4, 0.5) is 0 Å². The summed E-state index contributed by atoms with van der Waals surface area (Å²) in [6.45, 7) is 17.1. The number of benzene rings is 5. The molecule has 0 radical (unpaired) electrons. The Labute approximate surface area is 400 Å². The normalized spacial score (nSPS) is 14.6. The van der Waals surface area contributed by atoms with E-state index in [2.05, 4.69) is 119 Å². The summed E-state index contributed by atoms with van der Waals surface area (Å²) in [5, 5.41) is 15.4. The summed E-state index contributed by atoms with van der Waals surface area (Å²) >= 11 is 0. The minimum absolute atomic E-state index is 0.0789. The number of aliphatic hydroxyl groups is 1. The largest absolute Gasteiger partial charge is 0.454 e. The van der Waals surface area contributed by atoms with Crippen molar-refractivity contribution < 1.29 is 38.0 Å². The van der Waals surface area contributed by atoms with Gasteiger partial charge in [0.2, 0.25) is 0 Å². The van der Waals surface area contributed by atoms with E-state index in [0.29, 0.717) is 19.6 Å². The third-order valence-electron chi connectivity index (χ3n) is 12.1. The standard InChI is InChI=1S/C58H70O8Si/c1-8-42-62-43-26-27-47(9-2)53(66-55(59)10-3)38-40-57(60,41-45-64-58(48-28-16-11-17-29-48,49-30-18-12-19-31-49)50-32-20-13-21-33-50)54(63-46-61-7)39-44-65-67(56(4,5)6,51-34-22-14-23-35-51)52-36-24-15-25-37-52/h8,10-38,40,47,53-54,60H,1,3,9,39,41-46H2,2,4-7H3/b27-26+,40-38+/t47-,53-,54+,57-/m0/s1. The van der Waals surface area contributed by atoms with Crippen LogP contribution in [0.3, 0.4) is 0 Å². The van der Waals surface area contributed by atoms with Crippen LogP contribution in [-0.4, -0.2) is 77.5 Å². The predicted octanol–water partition coefficient (Wildman–Crippen LogP) is 10.5. The third kappa shape index (κ3) is 13.6. The Morgan fingerprint density at radius 2 is 1.22 bits per heavy atom. The van der Waals surface area contributed by atoms with Crippen LogP contribution in [0.1, 0.15) is 63.6 Å². The highest BCUT2D eigenvalue weighted by Crippen LogP contribution is 2.42. The number of hydrogen-bond acceptors (Lipinski definition) is 8. The summed E-state index contributed by atoms with van der Waals surface area (Å²) in [4.78, 5) is 12.9. The van der Waals surface area contributed by atoms with Gasteiger partial charge in [0.25, 0.3) is 8.32 Å². The first kappa shape index (κ1) is 52.5. The molecular formula is C58H70O8Si. The average molecular weight is 923 g/mol. The van der Waals surface area contributed by atoms with Gasteiger partial charge in [0, 0.05) is 32.1 Å². The summed E-state index contributed by atoms with van der Waals surface area (Å²) in [6, 6.07) is 51.4. The van der Waals surface area contributed by atoms with Crippen molar-refractivity contribution in [2.24, 2.45) is 5.92 Å². The van der Waals surface area contributed by atoms with Crippen LogP contribution in [0, 0.1) is 5.92 Å². The third-order valence-corrected chi connectivity index (χ3v) is 17.2. The Kier molecular flexibility index (Phi) is 20.5. The van der Waals surface area contributed by atoms with Gasteiger partial charge in [-0.05, 0) is 51.0 Å². The molecule has 9 heteroatoms. The molecule has 0 bridgehead atoms. The van der Waals surface area contributed by atoms with Gasteiger partial charge >= 0.3 is 5.97 Å². The molecule has 0 aliphatic carbocycles. The topological polar surface area (TPSA) is 92.7 Å². The van der Waals surface area contributed by atoms with Crippen LogP contribution in [-0.2, 0) is 38.5 Å². The van der Waals surface area contributed by atoms with Crippen LogP contribution in [0.25, 0.3) is 0 Å². The zero-order chi connectivity index (χ0) is 48.0. The molecule has 0 aliphatic rings. The Balaban J connectivity index is 1.61. The Bertz CT molecular complexity index is 2130. The first-order valence-electron chi connectivity index (χ1n) is 23.2. The highest BCUT2D eigenvalue weighted by molar-refractivity contribution is 6.99. The smallest absolute Gasteiger partial charge is 0.330 e.